The number of rotatable bonds is 6. The maximum Gasteiger partial charge on any atom is 0.136 e. The van der Waals surface area contributed by atoms with Gasteiger partial charge in [0.05, 0.1) is 5.60 Å². The molecule has 1 unspecified atom stereocenters. The number of Topliss-reactive ketones (excluding diaryl/α,β-unsaturated/α-hetero) is 1. The number of hydrogen-bond acceptors (Lipinski definition) is 3. The van der Waals surface area contributed by atoms with Gasteiger partial charge in [-0.3, -0.25) is 4.79 Å². The molecule has 0 radical (unpaired) electrons. The maximum absolute atomic E-state index is 12.4. The van der Waals surface area contributed by atoms with Gasteiger partial charge in [0, 0.05) is 18.9 Å². The van der Waals surface area contributed by atoms with Crippen molar-refractivity contribution in [3.05, 3.63) is 0 Å². The molecule has 1 saturated carbocycles. The van der Waals surface area contributed by atoms with E-state index in [2.05, 4.69) is 13.8 Å². The molecule has 110 valence electrons. The van der Waals surface area contributed by atoms with Crippen molar-refractivity contribution in [1.82, 2.24) is 0 Å². The highest BCUT2D eigenvalue weighted by Crippen LogP contribution is 2.44. The Kier molecular flexibility index (Phi) is 4.67. The van der Waals surface area contributed by atoms with Crippen molar-refractivity contribution < 1.29 is 9.53 Å². The molecule has 2 rings (SSSR count). The van der Waals surface area contributed by atoms with E-state index in [0.29, 0.717) is 18.7 Å². The number of ketones is 1. The minimum absolute atomic E-state index is 0.0886. The van der Waals surface area contributed by atoms with E-state index >= 15 is 0 Å². The van der Waals surface area contributed by atoms with Gasteiger partial charge >= 0.3 is 0 Å². The normalized spacial score (nSPS) is 26.2. The Hall–Kier alpha value is -0.410. The molecule has 1 saturated heterocycles. The SMILES string of the molecule is CC(C)(CCN)CCC(=O)C1CCOC2(CCC2)C1. The molecule has 19 heavy (non-hydrogen) atoms. The molecule has 1 atom stereocenters. The lowest BCUT2D eigenvalue weighted by Gasteiger charge is -2.47. The fraction of sp³-hybridized carbons (Fsp3) is 0.938. The summed E-state index contributed by atoms with van der Waals surface area (Å²) in [7, 11) is 0. The molecule has 1 aliphatic carbocycles. The minimum Gasteiger partial charge on any atom is -0.375 e. The van der Waals surface area contributed by atoms with Crippen LogP contribution >= 0.6 is 0 Å². The van der Waals surface area contributed by atoms with Gasteiger partial charge < -0.3 is 10.5 Å². The van der Waals surface area contributed by atoms with E-state index in [0.717, 1.165) is 45.1 Å². The first-order chi connectivity index (χ1) is 8.96. The molecule has 0 aromatic heterocycles. The zero-order valence-corrected chi connectivity index (χ0v) is 12.5. The summed E-state index contributed by atoms with van der Waals surface area (Å²) in [6.07, 6.45) is 8.18. The van der Waals surface area contributed by atoms with Crippen molar-refractivity contribution in [3.8, 4) is 0 Å². The maximum atomic E-state index is 12.4. The van der Waals surface area contributed by atoms with Crippen LogP contribution < -0.4 is 5.73 Å². The molecule has 0 bridgehead atoms. The van der Waals surface area contributed by atoms with Crippen LogP contribution in [-0.4, -0.2) is 24.5 Å². The van der Waals surface area contributed by atoms with Crippen molar-refractivity contribution in [1.29, 1.82) is 0 Å². The highest BCUT2D eigenvalue weighted by Gasteiger charge is 2.44. The van der Waals surface area contributed by atoms with Crippen molar-refractivity contribution >= 4 is 5.78 Å². The average Bonchev–Trinajstić information content (AvgIpc) is 2.34. The van der Waals surface area contributed by atoms with E-state index < -0.39 is 0 Å². The summed E-state index contributed by atoms with van der Waals surface area (Å²) >= 11 is 0. The monoisotopic (exact) mass is 267 g/mol. The van der Waals surface area contributed by atoms with E-state index in [1.807, 2.05) is 0 Å². The molecule has 2 fully saturated rings. The van der Waals surface area contributed by atoms with Crippen molar-refractivity contribution in [2.75, 3.05) is 13.2 Å². The quantitative estimate of drug-likeness (QED) is 0.804. The minimum atomic E-state index is 0.0886. The van der Waals surface area contributed by atoms with Crippen molar-refractivity contribution in [3.63, 3.8) is 0 Å². The van der Waals surface area contributed by atoms with Crippen molar-refractivity contribution in [2.24, 2.45) is 17.1 Å². The zero-order chi connectivity index (χ0) is 13.9. The first-order valence-corrected chi connectivity index (χ1v) is 7.83. The number of nitrogens with two attached hydrogens (primary N) is 1. The second-order valence-corrected chi connectivity index (χ2v) is 7.24. The third-order valence-corrected chi connectivity index (χ3v) is 5.08. The topological polar surface area (TPSA) is 52.3 Å². The van der Waals surface area contributed by atoms with E-state index in [9.17, 15) is 4.79 Å². The molecule has 1 heterocycles. The largest absolute Gasteiger partial charge is 0.375 e. The summed E-state index contributed by atoms with van der Waals surface area (Å²) in [6, 6.07) is 0. The molecule has 2 aliphatic rings. The highest BCUT2D eigenvalue weighted by molar-refractivity contribution is 5.81. The van der Waals surface area contributed by atoms with E-state index in [4.69, 9.17) is 10.5 Å². The van der Waals surface area contributed by atoms with Gasteiger partial charge in [-0.25, -0.2) is 0 Å². The van der Waals surface area contributed by atoms with Crippen molar-refractivity contribution in [2.45, 2.75) is 70.8 Å². The fourth-order valence-electron chi connectivity index (χ4n) is 3.40. The van der Waals surface area contributed by atoms with Gasteiger partial charge in [-0.05, 0) is 56.9 Å². The van der Waals surface area contributed by atoms with Crippen LogP contribution in [0.25, 0.3) is 0 Å². The van der Waals surface area contributed by atoms with Gasteiger partial charge in [-0.15, -0.1) is 0 Å². The number of ether oxygens (including phenoxy) is 1. The Balaban J connectivity index is 1.79. The second-order valence-electron chi connectivity index (χ2n) is 7.24. The summed E-state index contributed by atoms with van der Waals surface area (Å²) in [5.41, 5.74) is 5.91. The molecule has 0 amide bonds. The van der Waals surface area contributed by atoms with Crippen LogP contribution in [0.1, 0.15) is 65.2 Å². The molecule has 0 aromatic carbocycles. The third kappa shape index (κ3) is 3.79. The summed E-state index contributed by atoms with van der Waals surface area (Å²) in [4.78, 5) is 12.4. The van der Waals surface area contributed by atoms with Gasteiger partial charge in [-0.2, -0.15) is 0 Å². The fourth-order valence-corrected chi connectivity index (χ4v) is 3.40. The van der Waals surface area contributed by atoms with E-state index in [-0.39, 0.29) is 16.9 Å². The predicted molar refractivity (Wildman–Crippen MR) is 77.0 cm³/mol. The Morgan fingerprint density at radius 2 is 2.11 bits per heavy atom. The Labute approximate surface area is 117 Å². The van der Waals surface area contributed by atoms with Crippen LogP contribution in [0.2, 0.25) is 0 Å². The lowest BCUT2D eigenvalue weighted by atomic mass is 9.70. The van der Waals surface area contributed by atoms with Gasteiger partial charge in [0.15, 0.2) is 0 Å². The summed E-state index contributed by atoms with van der Waals surface area (Å²) in [5.74, 6) is 0.711. The predicted octanol–water partition coefficient (Wildman–Crippen LogP) is 3.06. The summed E-state index contributed by atoms with van der Waals surface area (Å²) in [5, 5.41) is 0. The molecule has 3 nitrogen and oxygen atoms in total. The Bertz CT molecular complexity index is 321. The van der Waals surface area contributed by atoms with Crippen LogP contribution in [0.4, 0.5) is 0 Å². The summed E-state index contributed by atoms with van der Waals surface area (Å²) in [6.45, 7) is 5.92. The number of hydrogen-bond donors (Lipinski definition) is 1. The van der Waals surface area contributed by atoms with Gasteiger partial charge in [-0.1, -0.05) is 13.8 Å². The van der Waals surface area contributed by atoms with Crippen LogP contribution in [0, 0.1) is 11.3 Å². The third-order valence-electron chi connectivity index (χ3n) is 5.08. The van der Waals surface area contributed by atoms with Crippen LogP contribution in [-0.2, 0) is 9.53 Å². The Morgan fingerprint density at radius 3 is 2.68 bits per heavy atom. The first-order valence-electron chi connectivity index (χ1n) is 7.83. The zero-order valence-electron chi connectivity index (χ0n) is 12.5. The van der Waals surface area contributed by atoms with Gasteiger partial charge in [0.25, 0.3) is 0 Å². The molecular weight excluding hydrogens is 238 g/mol. The molecule has 2 N–H and O–H groups in total. The van der Waals surface area contributed by atoms with Crippen LogP contribution in [0.3, 0.4) is 0 Å². The summed E-state index contributed by atoms with van der Waals surface area (Å²) < 4.78 is 5.90. The molecule has 1 spiro atoms. The number of carbonyl (C=O) groups is 1. The molecular formula is C16H29NO2. The molecule has 0 aromatic rings. The van der Waals surface area contributed by atoms with Crippen LogP contribution in [0.15, 0.2) is 0 Å². The average molecular weight is 267 g/mol. The highest BCUT2D eigenvalue weighted by atomic mass is 16.5. The Morgan fingerprint density at radius 1 is 1.37 bits per heavy atom. The smallest absolute Gasteiger partial charge is 0.136 e. The lowest BCUT2D eigenvalue weighted by Crippen LogP contribution is -2.47. The van der Waals surface area contributed by atoms with Crippen LogP contribution in [0.5, 0.6) is 0 Å². The first kappa shape index (κ1) is 15.0. The van der Waals surface area contributed by atoms with E-state index in [1.54, 1.807) is 0 Å². The lowest BCUT2D eigenvalue weighted by molar-refractivity contribution is -0.155. The van der Waals surface area contributed by atoms with Gasteiger partial charge in [0.1, 0.15) is 5.78 Å². The molecule has 1 aliphatic heterocycles. The molecule has 3 heteroatoms. The van der Waals surface area contributed by atoms with E-state index in [1.165, 1.54) is 6.42 Å². The van der Waals surface area contributed by atoms with Gasteiger partial charge in [0.2, 0.25) is 0 Å². The second kappa shape index (κ2) is 5.92. The standard InChI is InChI=1S/C16H29NO2/c1-15(2,9-10-17)8-4-14(18)13-5-11-19-16(12-13)6-3-7-16/h13H,3-12,17H2,1-2H3. The number of carbonyl (C=O) groups excluding carboxylic acids is 1.